The van der Waals surface area contributed by atoms with Gasteiger partial charge in [0, 0.05) is 6.54 Å². The molecule has 5 heteroatoms. The smallest absolute Gasteiger partial charge is 0.210 e. The largest absolute Gasteiger partial charge is 0.315 e. The molecule has 1 rings (SSSR count). The molecular formula is C11H22N2O2S. The number of primary sulfonamides is 1. The minimum absolute atomic E-state index is 0.0180. The minimum Gasteiger partial charge on any atom is -0.315 e. The highest BCUT2D eigenvalue weighted by atomic mass is 32.2. The van der Waals surface area contributed by atoms with E-state index in [0.29, 0.717) is 18.4 Å². The summed E-state index contributed by atoms with van der Waals surface area (Å²) >= 11 is 0. The average Bonchev–Trinajstić information content (AvgIpc) is 2.09. The average molecular weight is 246 g/mol. The van der Waals surface area contributed by atoms with Crippen LogP contribution in [0.1, 0.15) is 26.7 Å². The van der Waals surface area contributed by atoms with E-state index in [0.717, 1.165) is 13.0 Å². The van der Waals surface area contributed by atoms with Crippen molar-refractivity contribution in [2.45, 2.75) is 26.7 Å². The molecule has 1 aliphatic rings. The van der Waals surface area contributed by atoms with Crippen molar-refractivity contribution >= 4 is 10.0 Å². The lowest BCUT2D eigenvalue weighted by molar-refractivity contribution is 0.385. The van der Waals surface area contributed by atoms with Crippen LogP contribution in [-0.4, -0.2) is 27.3 Å². The summed E-state index contributed by atoms with van der Waals surface area (Å²) in [6, 6.07) is 0. The summed E-state index contributed by atoms with van der Waals surface area (Å²) in [6.07, 6.45) is 4.62. The molecule has 16 heavy (non-hydrogen) atoms. The Kier molecular flexibility index (Phi) is 4.95. The summed E-state index contributed by atoms with van der Waals surface area (Å²) in [6.45, 7) is 5.71. The highest BCUT2D eigenvalue weighted by molar-refractivity contribution is 7.89. The maximum absolute atomic E-state index is 10.7. The fourth-order valence-electron chi connectivity index (χ4n) is 2.36. The lowest BCUT2D eigenvalue weighted by Crippen LogP contribution is -2.31. The van der Waals surface area contributed by atoms with Crippen molar-refractivity contribution in [3.8, 4) is 0 Å². The van der Waals surface area contributed by atoms with Gasteiger partial charge < -0.3 is 5.32 Å². The highest BCUT2D eigenvalue weighted by Gasteiger charge is 2.17. The van der Waals surface area contributed by atoms with Crippen LogP contribution in [0, 0.1) is 11.8 Å². The second-order valence-electron chi connectivity index (χ2n) is 4.87. The Morgan fingerprint density at radius 3 is 2.81 bits per heavy atom. The number of nitrogens with one attached hydrogen (secondary N) is 1. The van der Waals surface area contributed by atoms with Gasteiger partial charge in [0.1, 0.15) is 0 Å². The van der Waals surface area contributed by atoms with Gasteiger partial charge in [-0.2, -0.15) is 0 Å². The molecule has 0 spiro atoms. The molecule has 0 fully saturated rings. The van der Waals surface area contributed by atoms with Crippen molar-refractivity contribution in [1.29, 1.82) is 0 Å². The van der Waals surface area contributed by atoms with E-state index in [1.54, 1.807) is 0 Å². The molecule has 0 bridgehead atoms. The molecule has 2 atom stereocenters. The van der Waals surface area contributed by atoms with Crippen LogP contribution in [0.15, 0.2) is 11.6 Å². The molecule has 0 aliphatic heterocycles. The number of hydrogen-bond acceptors (Lipinski definition) is 3. The number of rotatable bonds is 5. The van der Waals surface area contributed by atoms with Crippen LogP contribution < -0.4 is 10.5 Å². The molecule has 0 saturated heterocycles. The predicted octanol–water partition coefficient (Wildman–Crippen LogP) is 0.857. The summed E-state index contributed by atoms with van der Waals surface area (Å²) in [5.74, 6) is 1.28. The molecule has 0 radical (unpaired) electrons. The fraction of sp³-hybridized carbons (Fsp3) is 0.818. The van der Waals surface area contributed by atoms with E-state index in [2.05, 4.69) is 25.2 Å². The monoisotopic (exact) mass is 246 g/mol. The van der Waals surface area contributed by atoms with E-state index in [-0.39, 0.29) is 5.75 Å². The van der Waals surface area contributed by atoms with Crippen LogP contribution in [0.25, 0.3) is 0 Å². The molecule has 4 nitrogen and oxygen atoms in total. The lowest BCUT2D eigenvalue weighted by Gasteiger charge is -2.25. The van der Waals surface area contributed by atoms with Gasteiger partial charge in [0.2, 0.25) is 10.0 Å². The molecule has 0 heterocycles. The van der Waals surface area contributed by atoms with Crippen LogP contribution in [0.5, 0.6) is 0 Å². The van der Waals surface area contributed by atoms with Gasteiger partial charge in [-0.05, 0) is 38.1 Å². The van der Waals surface area contributed by atoms with E-state index >= 15 is 0 Å². The molecule has 0 aromatic carbocycles. The zero-order valence-corrected chi connectivity index (χ0v) is 10.9. The van der Waals surface area contributed by atoms with Crippen LogP contribution >= 0.6 is 0 Å². The summed E-state index contributed by atoms with van der Waals surface area (Å²) in [7, 11) is -3.32. The van der Waals surface area contributed by atoms with Crippen molar-refractivity contribution in [3.63, 3.8) is 0 Å². The first-order valence-electron chi connectivity index (χ1n) is 5.75. The van der Waals surface area contributed by atoms with Gasteiger partial charge in [-0.15, -0.1) is 0 Å². The SMILES string of the molecule is CC1=CC(C)CC(CNCCS(N)(=O)=O)C1. The van der Waals surface area contributed by atoms with Crippen molar-refractivity contribution < 1.29 is 8.42 Å². The first-order valence-corrected chi connectivity index (χ1v) is 7.47. The van der Waals surface area contributed by atoms with E-state index in [1.165, 1.54) is 12.0 Å². The Balaban J connectivity index is 2.22. The van der Waals surface area contributed by atoms with Gasteiger partial charge in [0.15, 0.2) is 0 Å². The third-order valence-electron chi connectivity index (χ3n) is 2.88. The Morgan fingerprint density at radius 1 is 1.56 bits per heavy atom. The quantitative estimate of drug-likeness (QED) is 0.558. The highest BCUT2D eigenvalue weighted by Crippen LogP contribution is 2.26. The second-order valence-corrected chi connectivity index (χ2v) is 6.60. The Morgan fingerprint density at radius 2 is 2.25 bits per heavy atom. The van der Waals surface area contributed by atoms with Crippen molar-refractivity contribution in [3.05, 3.63) is 11.6 Å². The zero-order valence-electron chi connectivity index (χ0n) is 10.1. The van der Waals surface area contributed by atoms with E-state index in [9.17, 15) is 8.42 Å². The van der Waals surface area contributed by atoms with Crippen LogP contribution in [0.2, 0.25) is 0 Å². The third kappa shape index (κ3) is 5.63. The molecule has 1 aliphatic carbocycles. The molecule has 2 unspecified atom stereocenters. The van der Waals surface area contributed by atoms with Crippen LogP contribution in [-0.2, 0) is 10.0 Å². The molecular weight excluding hydrogens is 224 g/mol. The topological polar surface area (TPSA) is 72.2 Å². The first-order chi connectivity index (χ1) is 7.37. The minimum atomic E-state index is -3.32. The number of allylic oxidation sites excluding steroid dienone is 2. The van der Waals surface area contributed by atoms with E-state index < -0.39 is 10.0 Å². The molecule has 0 aromatic heterocycles. The lowest BCUT2D eigenvalue weighted by atomic mass is 9.84. The van der Waals surface area contributed by atoms with Crippen molar-refractivity contribution in [2.24, 2.45) is 17.0 Å². The second kappa shape index (κ2) is 5.80. The Hall–Kier alpha value is -0.390. The van der Waals surface area contributed by atoms with Gasteiger partial charge >= 0.3 is 0 Å². The zero-order chi connectivity index (χ0) is 12.2. The fourth-order valence-corrected chi connectivity index (χ4v) is 2.79. The van der Waals surface area contributed by atoms with Crippen molar-refractivity contribution in [2.75, 3.05) is 18.8 Å². The van der Waals surface area contributed by atoms with Crippen LogP contribution in [0.3, 0.4) is 0 Å². The van der Waals surface area contributed by atoms with Gasteiger partial charge in [0.05, 0.1) is 5.75 Å². The summed E-state index contributed by atoms with van der Waals surface area (Å²) in [5, 5.41) is 8.09. The summed E-state index contributed by atoms with van der Waals surface area (Å²) < 4.78 is 21.4. The van der Waals surface area contributed by atoms with Gasteiger partial charge in [-0.1, -0.05) is 18.6 Å². The molecule has 0 saturated carbocycles. The summed E-state index contributed by atoms with van der Waals surface area (Å²) in [5.41, 5.74) is 1.44. The van der Waals surface area contributed by atoms with Gasteiger partial charge in [-0.25, -0.2) is 13.6 Å². The Bertz CT molecular complexity index is 349. The standard InChI is InChI=1S/C11H22N2O2S/c1-9-5-10(2)7-11(6-9)8-13-3-4-16(12,14)15/h5,9,11,13H,3-4,6-8H2,1-2H3,(H2,12,14,15). The maximum Gasteiger partial charge on any atom is 0.210 e. The van der Waals surface area contributed by atoms with E-state index in [1.807, 2.05) is 0 Å². The van der Waals surface area contributed by atoms with Crippen LogP contribution in [0.4, 0.5) is 0 Å². The molecule has 0 amide bonds. The van der Waals surface area contributed by atoms with Crippen molar-refractivity contribution in [1.82, 2.24) is 5.32 Å². The Labute approximate surface area is 98.3 Å². The van der Waals surface area contributed by atoms with Gasteiger partial charge in [-0.3, -0.25) is 0 Å². The normalized spacial score (nSPS) is 26.6. The third-order valence-corrected chi connectivity index (χ3v) is 3.65. The number of sulfonamides is 1. The molecule has 3 N–H and O–H groups in total. The van der Waals surface area contributed by atoms with E-state index in [4.69, 9.17) is 5.14 Å². The maximum atomic E-state index is 10.7. The summed E-state index contributed by atoms with van der Waals surface area (Å²) in [4.78, 5) is 0. The molecule has 0 aromatic rings. The predicted molar refractivity (Wildman–Crippen MR) is 66.5 cm³/mol. The first kappa shape index (κ1) is 13.7. The number of hydrogen-bond donors (Lipinski definition) is 2. The molecule has 94 valence electrons. The number of nitrogens with two attached hydrogens (primary N) is 1. The van der Waals surface area contributed by atoms with Gasteiger partial charge in [0.25, 0.3) is 0 Å².